The molecule has 0 bridgehead atoms. The lowest BCUT2D eigenvalue weighted by Crippen LogP contribution is -2.27. The normalized spacial score (nSPS) is 16.9. The van der Waals surface area contributed by atoms with Crippen molar-refractivity contribution in [3.63, 3.8) is 0 Å². The Balaban J connectivity index is 1.72. The predicted octanol–water partition coefficient (Wildman–Crippen LogP) is 5.83. The number of thiophene rings is 1. The van der Waals surface area contributed by atoms with Crippen LogP contribution < -0.4 is 5.32 Å². The van der Waals surface area contributed by atoms with Crippen molar-refractivity contribution in [1.29, 1.82) is 0 Å². The summed E-state index contributed by atoms with van der Waals surface area (Å²) in [5, 5.41) is 5.89. The molecule has 4 rings (SSSR count). The van der Waals surface area contributed by atoms with Gasteiger partial charge < -0.3 is 5.32 Å². The Kier molecular flexibility index (Phi) is 4.07. The molecule has 26 heavy (non-hydrogen) atoms. The fraction of sp³-hybridized carbons (Fsp3) is 0.150. The number of alkyl halides is 3. The molecule has 0 saturated heterocycles. The fourth-order valence-corrected chi connectivity index (χ4v) is 4.18. The SMILES string of the molecule is O=C1c2c(-c3ccc(C(F)(F)F)cc3)csc2NCC1c1ccccc1. The molecule has 0 spiro atoms. The molecule has 0 radical (unpaired) electrons. The number of fused-ring (bicyclic) bond motifs is 1. The molecule has 1 aromatic heterocycles. The Labute approximate surface area is 152 Å². The molecule has 6 heteroatoms. The number of rotatable bonds is 2. The molecule has 0 amide bonds. The molecular weight excluding hydrogens is 359 g/mol. The van der Waals surface area contributed by atoms with Gasteiger partial charge in [-0.3, -0.25) is 4.79 Å². The van der Waals surface area contributed by atoms with Crippen LogP contribution >= 0.6 is 11.3 Å². The van der Waals surface area contributed by atoms with Crippen molar-refractivity contribution in [2.45, 2.75) is 12.1 Å². The Morgan fingerprint density at radius 2 is 1.69 bits per heavy atom. The topological polar surface area (TPSA) is 29.1 Å². The Bertz CT molecular complexity index is 945. The summed E-state index contributed by atoms with van der Waals surface area (Å²) in [4.78, 5) is 13.1. The van der Waals surface area contributed by atoms with Crippen LogP contribution in [0.4, 0.5) is 18.2 Å². The van der Waals surface area contributed by atoms with Crippen LogP contribution in [-0.2, 0) is 6.18 Å². The molecule has 0 aliphatic carbocycles. The van der Waals surface area contributed by atoms with Crippen molar-refractivity contribution in [2.24, 2.45) is 0 Å². The van der Waals surface area contributed by atoms with Crippen LogP contribution in [0.15, 0.2) is 60.0 Å². The van der Waals surface area contributed by atoms with Crippen LogP contribution in [-0.4, -0.2) is 12.3 Å². The maximum atomic E-state index is 13.1. The molecular formula is C20H14F3NOS. The van der Waals surface area contributed by atoms with E-state index in [1.54, 1.807) is 0 Å². The number of carbonyl (C=O) groups excluding carboxylic acids is 1. The number of carbonyl (C=O) groups is 1. The van der Waals surface area contributed by atoms with Gasteiger partial charge in [0.2, 0.25) is 0 Å². The van der Waals surface area contributed by atoms with Crippen molar-refractivity contribution in [2.75, 3.05) is 11.9 Å². The number of nitrogens with one attached hydrogen (secondary N) is 1. The summed E-state index contributed by atoms with van der Waals surface area (Å²) in [6, 6.07) is 14.5. The van der Waals surface area contributed by atoms with E-state index in [4.69, 9.17) is 0 Å². The summed E-state index contributed by atoms with van der Waals surface area (Å²) >= 11 is 1.40. The number of hydrogen-bond acceptors (Lipinski definition) is 3. The summed E-state index contributed by atoms with van der Waals surface area (Å²) in [5.74, 6) is -0.299. The van der Waals surface area contributed by atoms with Gasteiger partial charge in [0.1, 0.15) is 0 Å². The summed E-state index contributed by atoms with van der Waals surface area (Å²) in [5.41, 5.74) is 2.09. The number of hydrogen-bond donors (Lipinski definition) is 1. The number of halogens is 3. The van der Waals surface area contributed by atoms with Gasteiger partial charge in [0.25, 0.3) is 0 Å². The molecule has 0 saturated carbocycles. The smallest absolute Gasteiger partial charge is 0.375 e. The minimum atomic E-state index is -4.37. The first kappa shape index (κ1) is 16.8. The van der Waals surface area contributed by atoms with Crippen LogP contribution in [0.5, 0.6) is 0 Å². The lowest BCUT2D eigenvalue weighted by molar-refractivity contribution is -0.137. The quantitative estimate of drug-likeness (QED) is 0.613. The predicted molar refractivity (Wildman–Crippen MR) is 96.8 cm³/mol. The van der Waals surface area contributed by atoms with Crippen LogP contribution in [0, 0.1) is 0 Å². The van der Waals surface area contributed by atoms with Gasteiger partial charge in [-0.15, -0.1) is 11.3 Å². The largest absolute Gasteiger partial charge is 0.416 e. The number of Topliss-reactive ketones (excluding diaryl/α,β-unsaturated/α-hetero) is 1. The van der Waals surface area contributed by atoms with Crippen molar-refractivity contribution in [3.05, 3.63) is 76.7 Å². The zero-order chi connectivity index (χ0) is 18.3. The molecule has 132 valence electrons. The van der Waals surface area contributed by atoms with Gasteiger partial charge in [0.05, 0.1) is 22.0 Å². The highest BCUT2D eigenvalue weighted by atomic mass is 32.1. The molecule has 2 aromatic carbocycles. The van der Waals surface area contributed by atoms with Crippen LogP contribution in [0.3, 0.4) is 0 Å². The highest BCUT2D eigenvalue weighted by Crippen LogP contribution is 2.42. The molecule has 1 unspecified atom stereocenters. The fourth-order valence-electron chi connectivity index (χ4n) is 3.20. The van der Waals surface area contributed by atoms with Crippen molar-refractivity contribution < 1.29 is 18.0 Å². The molecule has 1 aliphatic rings. The second kappa shape index (κ2) is 6.29. The minimum Gasteiger partial charge on any atom is -0.375 e. The lowest BCUT2D eigenvalue weighted by Gasteiger charge is -2.24. The standard InChI is InChI=1S/C20H14F3NOS/c21-20(22,23)14-8-6-13(7-9-14)16-11-26-19-17(16)18(25)15(10-24-19)12-4-2-1-3-5-12/h1-9,11,15,24H,10H2. The molecule has 2 heterocycles. The number of anilines is 1. The van der Waals surface area contributed by atoms with E-state index in [0.717, 1.165) is 22.7 Å². The molecule has 3 aromatic rings. The molecule has 2 nitrogen and oxygen atoms in total. The highest BCUT2D eigenvalue weighted by Gasteiger charge is 2.33. The molecule has 1 N–H and O–H groups in total. The van der Waals surface area contributed by atoms with Crippen molar-refractivity contribution in [3.8, 4) is 11.1 Å². The average molecular weight is 373 g/mol. The highest BCUT2D eigenvalue weighted by molar-refractivity contribution is 7.15. The van der Waals surface area contributed by atoms with E-state index < -0.39 is 11.7 Å². The lowest BCUT2D eigenvalue weighted by atomic mass is 9.86. The summed E-state index contributed by atoms with van der Waals surface area (Å²) in [7, 11) is 0. The third-order valence-electron chi connectivity index (χ3n) is 4.55. The summed E-state index contributed by atoms with van der Waals surface area (Å²) in [6.45, 7) is 0.517. The maximum Gasteiger partial charge on any atom is 0.416 e. The number of benzene rings is 2. The zero-order valence-corrected chi connectivity index (χ0v) is 14.3. The average Bonchev–Trinajstić information content (AvgIpc) is 3.07. The Morgan fingerprint density at radius 3 is 2.35 bits per heavy atom. The van der Waals surface area contributed by atoms with Crippen LogP contribution in [0.2, 0.25) is 0 Å². The first-order valence-electron chi connectivity index (χ1n) is 8.07. The van der Waals surface area contributed by atoms with E-state index >= 15 is 0 Å². The zero-order valence-electron chi connectivity index (χ0n) is 13.5. The van der Waals surface area contributed by atoms with Gasteiger partial charge >= 0.3 is 6.18 Å². The monoisotopic (exact) mass is 373 g/mol. The van der Waals surface area contributed by atoms with Gasteiger partial charge in [0.15, 0.2) is 5.78 Å². The van der Waals surface area contributed by atoms with Gasteiger partial charge in [-0.05, 0) is 23.3 Å². The third-order valence-corrected chi connectivity index (χ3v) is 5.48. The van der Waals surface area contributed by atoms with E-state index in [9.17, 15) is 18.0 Å². The number of ketones is 1. The van der Waals surface area contributed by atoms with Gasteiger partial charge in [-0.25, -0.2) is 0 Å². The van der Waals surface area contributed by atoms with Crippen LogP contribution in [0.25, 0.3) is 11.1 Å². The second-order valence-corrected chi connectivity index (χ2v) is 7.02. The van der Waals surface area contributed by atoms with Gasteiger partial charge in [-0.2, -0.15) is 13.2 Å². The van der Waals surface area contributed by atoms with Gasteiger partial charge in [0, 0.05) is 17.5 Å². The van der Waals surface area contributed by atoms with Crippen LogP contribution in [0.1, 0.15) is 27.4 Å². The molecule has 1 aliphatic heterocycles. The second-order valence-electron chi connectivity index (χ2n) is 6.14. The third kappa shape index (κ3) is 2.90. The van der Waals surface area contributed by atoms with E-state index in [2.05, 4.69) is 5.32 Å². The molecule has 1 atom stereocenters. The maximum absolute atomic E-state index is 13.1. The first-order valence-corrected chi connectivity index (χ1v) is 8.95. The summed E-state index contributed by atoms with van der Waals surface area (Å²) < 4.78 is 38.3. The Hall–Kier alpha value is -2.60. The minimum absolute atomic E-state index is 0.00102. The Morgan fingerprint density at radius 1 is 1.00 bits per heavy atom. The van der Waals surface area contributed by atoms with E-state index in [-0.39, 0.29) is 11.7 Å². The molecule has 0 fully saturated rings. The van der Waals surface area contributed by atoms with E-state index in [1.807, 2.05) is 35.7 Å². The van der Waals surface area contributed by atoms with E-state index in [0.29, 0.717) is 23.2 Å². The first-order chi connectivity index (χ1) is 12.4. The van der Waals surface area contributed by atoms with Gasteiger partial charge in [-0.1, -0.05) is 42.5 Å². The van der Waals surface area contributed by atoms with Crippen molar-refractivity contribution >= 4 is 22.1 Å². The summed E-state index contributed by atoms with van der Waals surface area (Å²) in [6.07, 6.45) is -4.37. The van der Waals surface area contributed by atoms with E-state index in [1.165, 1.54) is 23.5 Å². The van der Waals surface area contributed by atoms with Crippen molar-refractivity contribution in [1.82, 2.24) is 0 Å².